The molecule has 0 aromatic carbocycles. The summed E-state index contributed by atoms with van der Waals surface area (Å²) in [5.41, 5.74) is 0.847. The highest BCUT2D eigenvalue weighted by Crippen LogP contribution is 2.37. The molecule has 2 atom stereocenters. The molecule has 2 aliphatic carbocycles. The highest BCUT2D eigenvalue weighted by atomic mass is 32.1. The van der Waals surface area contributed by atoms with Crippen LogP contribution in [0.25, 0.3) is 0 Å². The van der Waals surface area contributed by atoms with Crippen LogP contribution in [0.3, 0.4) is 0 Å². The van der Waals surface area contributed by atoms with Crippen LogP contribution >= 0.6 is 11.3 Å². The zero-order chi connectivity index (χ0) is 14.8. The van der Waals surface area contributed by atoms with Gasteiger partial charge in [0.2, 0.25) is 0 Å². The fraction of sp³-hybridized carbons (Fsp3) is 0.625. The Hall–Kier alpha value is -1.20. The molecule has 0 unspecified atom stereocenters. The summed E-state index contributed by atoms with van der Waals surface area (Å²) in [5, 5.41) is 13.3. The van der Waals surface area contributed by atoms with Gasteiger partial charge in [-0.2, -0.15) is 0 Å². The molecule has 0 bridgehead atoms. The molecule has 2 aliphatic rings. The van der Waals surface area contributed by atoms with Crippen LogP contribution in [0.4, 0.5) is 0 Å². The number of aliphatic hydroxyl groups is 1. The second-order valence-corrected chi connectivity index (χ2v) is 7.12. The summed E-state index contributed by atoms with van der Waals surface area (Å²) >= 11 is 1.56. The van der Waals surface area contributed by atoms with E-state index in [0.29, 0.717) is 5.92 Å². The van der Waals surface area contributed by atoms with E-state index in [1.807, 2.05) is 19.1 Å². The Morgan fingerprint density at radius 2 is 2.19 bits per heavy atom. The maximum Gasteiger partial charge on any atom is 0.263 e. The van der Waals surface area contributed by atoms with Crippen molar-refractivity contribution in [2.45, 2.75) is 51.0 Å². The van der Waals surface area contributed by atoms with Gasteiger partial charge in [-0.25, -0.2) is 4.98 Å². The van der Waals surface area contributed by atoms with Crippen LogP contribution < -0.4 is 5.32 Å². The minimum Gasteiger partial charge on any atom is -0.396 e. The Morgan fingerprint density at radius 3 is 2.86 bits per heavy atom. The molecule has 1 amide bonds. The zero-order valence-corrected chi connectivity index (χ0v) is 13.2. The van der Waals surface area contributed by atoms with Crippen LogP contribution in [-0.4, -0.2) is 28.6 Å². The highest BCUT2D eigenvalue weighted by Gasteiger charge is 2.25. The minimum absolute atomic E-state index is 0.0255. The number of nitrogens with zero attached hydrogens (tertiary/aromatic N) is 1. The van der Waals surface area contributed by atoms with Crippen molar-refractivity contribution in [2.75, 3.05) is 6.61 Å². The average molecular weight is 306 g/mol. The number of hydrogen-bond acceptors (Lipinski definition) is 4. The fourth-order valence-electron chi connectivity index (χ4n) is 3.23. The Balaban J connectivity index is 1.66. The summed E-state index contributed by atoms with van der Waals surface area (Å²) in [4.78, 5) is 17.8. The lowest BCUT2D eigenvalue weighted by Crippen LogP contribution is -2.32. The molecule has 4 nitrogen and oxygen atoms in total. The lowest BCUT2D eigenvalue weighted by molar-refractivity contribution is 0.0944. The van der Waals surface area contributed by atoms with E-state index in [1.54, 1.807) is 11.3 Å². The fourth-order valence-corrected chi connectivity index (χ4v) is 4.37. The smallest absolute Gasteiger partial charge is 0.263 e. The summed E-state index contributed by atoms with van der Waals surface area (Å²) in [6, 6.07) is 0.0334. The third-order valence-corrected chi connectivity index (χ3v) is 5.77. The number of aromatic nitrogens is 1. The topological polar surface area (TPSA) is 62.2 Å². The van der Waals surface area contributed by atoms with Gasteiger partial charge in [-0.1, -0.05) is 25.0 Å². The van der Waals surface area contributed by atoms with Crippen LogP contribution in [-0.2, 0) is 0 Å². The summed E-state index contributed by atoms with van der Waals surface area (Å²) in [6.07, 6.45) is 9.71. The third kappa shape index (κ3) is 3.19. The Bertz CT molecular complexity index is 546. The number of rotatable bonds is 4. The monoisotopic (exact) mass is 306 g/mol. The Morgan fingerprint density at radius 1 is 1.43 bits per heavy atom. The van der Waals surface area contributed by atoms with Gasteiger partial charge in [0.25, 0.3) is 5.91 Å². The van der Waals surface area contributed by atoms with Crippen molar-refractivity contribution in [3.8, 4) is 0 Å². The molecule has 1 aromatic rings. The van der Waals surface area contributed by atoms with Gasteiger partial charge in [-0.3, -0.25) is 4.79 Å². The van der Waals surface area contributed by atoms with E-state index in [2.05, 4.69) is 10.3 Å². The van der Waals surface area contributed by atoms with Crippen LogP contribution in [0.15, 0.2) is 12.2 Å². The molecule has 0 saturated heterocycles. The highest BCUT2D eigenvalue weighted by molar-refractivity contribution is 7.13. The summed E-state index contributed by atoms with van der Waals surface area (Å²) < 4.78 is 0. The molecule has 1 heterocycles. The number of carbonyl (C=O) groups excluding carboxylic acids is 1. The number of nitrogens with one attached hydrogen (secondary N) is 1. The average Bonchev–Trinajstić information content (AvgIpc) is 3.17. The predicted molar refractivity (Wildman–Crippen MR) is 83.6 cm³/mol. The molecule has 21 heavy (non-hydrogen) atoms. The van der Waals surface area contributed by atoms with E-state index in [-0.39, 0.29) is 24.5 Å². The largest absolute Gasteiger partial charge is 0.396 e. The molecule has 114 valence electrons. The van der Waals surface area contributed by atoms with Crippen LogP contribution in [0, 0.1) is 12.8 Å². The summed E-state index contributed by atoms with van der Waals surface area (Å²) in [5.74, 6) is 0.704. The van der Waals surface area contributed by atoms with Crippen molar-refractivity contribution in [1.82, 2.24) is 10.3 Å². The lowest BCUT2D eigenvalue weighted by Gasteiger charge is -2.12. The van der Waals surface area contributed by atoms with Gasteiger partial charge >= 0.3 is 0 Å². The van der Waals surface area contributed by atoms with Crippen molar-refractivity contribution in [1.29, 1.82) is 0 Å². The molecular weight excluding hydrogens is 284 g/mol. The first-order valence-corrected chi connectivity index (χ1v) is 8.56. The van der Waals surface area contributed by atoms with Crippen LogP contribution in [0.1, 0.15) is 58.4 Å². The summed E-state index contributed by atoms with van der Waals surface area (Å²) in [7, 11) is 0. The number of amides is 1. The number of thiazole rings is 1. The van der Waals surface area contributed by atoms with Crippen molar-refractivity contribution in [3.63, 3.8) is 0 Å². The standard InChI is InChI=1S/C16H22N2O2S/c1-10-14(21-16(17-10)12-4-2-3-5-12)15(20)18-13-7-6-11(8-13)9-19/h6-7,11-13,19H,2-5,8-9H2,1H3,(H,18,20)/t11-,13+/m0/s1. The molecule has 0 aliphatic heterocycles. The second-order valence-electron chi connectivity index (χ2n) is 6.09. The number of aryl methyl sites for hydroxylation is 1. The first-order valence-electron chi connectivity index (χ1n) is 7.74. The quantitative estimate of drug-likeness (QED) is 0.841. The molecule has 0 radical (unpaired) electrons. The second kappa shape index (κ2) is 6.28. The minimum atomic E-state index is -0.0255. The van der Waals surface area contributed by atoms with E-state index >= 15 is 0 Å². The van der Waals surface area contributed by atoms with E-state index in [0.717, 1.165) is 22.0 Å². The SMILES string of the molecule is Cc1nc(C2CCCC2)sc1C(=O)N[C@@H]1C=C[C@H](CO)C1. The molecule has 5 heteroatoms. The first-order chi connectivity index (χ1) is 10.2. The number of hydrogen-bond donors (Lipinski definition) is 2. The van der Waals surface area contributed by atoms with E-state index in [1.165, 1.54) is 25.7 Å². The van der Waals surface area contributed by atoms with Crippen molar-refractivity contribution in [2.24, 2.45) is 5.92 Å². The molecule has 1 fully saturated rings. The van der Waals surface area contributed by atoms with Gasteiger partial charge in [0.05, 0.1) is 10.7 Å². The maximum absolute atomic E-state index is 12.4. The predicted octanol–water partition coefficient (Wildman–Crippen LogP) is 2.78. The Labute approximate surface area is 129 Å². The van der Waals surface area contributed by atoms with Crippen LogP contribution in [0.5, 0.6) is 0 Å². The Kier molecular flexibility index (Phi) is 4.40. The molecule has 3 rings (SSSR count). The first kappa shape index (κ1) is 14.7. The molecule has 1 saturated carbocycles. The van der Waals surface area contributed by atoms with Gasteiger partial charge in [0.1, 0.15) is 4.88 Å². The van der Waals surface area contributed by atoms with Gasteiger partial charge in [0.15, 0.2) is 0 Å². The number of carbonyl (C=O) groups is 1. The van der Waals surface area contributed by atoms with Gasteiger partial charge < -0.3 is 10.4 Å². The van der Waals surface area contributed by atoms with Gasteiger partial charge in [-0.15, -0.1) is 11.3 Å². The lowest BCUT2D eigenvalue weighted by atomic mass is 10.1. The number of aliphatic hydroxyl groups excluding tert-OH is 1. The summed E-state index contributed by atoms with van der Waals surface area (Å²) in [6.45, 7) is 2.07. The van der Waals surface area contributed by atoms with Crippen molar-refractivity contribution < 1.29 is 9.90 Å². The van der Waals surface area contributed by atoms with Gasteiger partial charge in [0, 0.05) is 24.5 Å². The van der Waals surface area contributed by atoms with Gasteiger partial charge in [-0.05, 0) is 26.2 Å². The normalized spacial score (nSPS) is 25.6. The van der Waals surface area contributed by atoms with E-state index in [4.69, 9.17) is 5.11 Å². The van der Waals surface area contributed by atoms with Crippen molar-refractivity contribution in [3.05, 3.63) is 27.7 Å². The molecular formula is C16H22N2O2S. The van der Waals surface area contributed by atoms with E-state index < -0.39 is 0 Å². The zero-order valence-electron chi connectivity index (χ0n) is 12.3. The molecule has 1 aromatic heterocycles. The van der Waals surface area contributed by atoms with Crippen molar-refractivity contribution >= 4 is 17.2 Å². The maximum atomic E-state index is 12.4. The molecule has 2 N–H and O–H groups in total. The van der Waals surface area contributed by atoms with Crippen LogP contribution in [0.2, 0.25) is 0 Å². The van der Waals surface area contributed by atoms with E-state index in [9.17, 15) is 4.79 Å². The molecule has 0 spiro atoms. The third-order valence-electron chi connectivity index (χ3n) is 4.45.